The number of aromatic nitrogens is 1. The monoisotopic (exact) mass is 266 g/mol. The zero-order chi connectivity index (χ0) is 13.1. The Morgan fingerprint density at radius 2 is 1.61 bits per heavy atom. The summed E-state index contributed by atoms with van der Waals surface area (Å²) in [5.74, 6) is 1.90. The first kappa shape index (κ1) is 12.5. The van der Waals surface area contributed by atoms with E-state index in [1.165, 1.54) is 11.3 Å². The van der Waals surface area contributed by atoms with Crippen molar-refractivity contribution in [3.63, 3.8) is 0 Å². The number of benzene rings is 1. The number of ether oxygens (including phenoxy) is 3. The van der Waals surface area contributed by atoms with Crippen LogP contribution in [0.4, 0.5) is 5.13 Å². The van der Waals surface area contributed by atoms with Crippen molar-refractivity contribution < 1.29 is 14.2 Å². The minimum Gasteiger partial charge on any atom is -0.496 e. The molecule has 0 radical (unpaired) electrons. The van der Waals surface area contributed by atoms with E-state index in [2.05, 4.69) is 4.98 Å². The van der Waals surface area contributed by atoms with Gasteiger partial charge in [0, 0.05) is 17.0 Å². The molecule has 0 aliphatic rings. The van der Waals surface area contributed by atoms with Gasteiger partial charge in [0.15, 0.2) is 16.6 Å². The average molecular weight is 266 g/mol. The van der Waals surface area contributed by atoms with Crippen LogP contribution in [0.5, 0.6) is 17.2 Å². The lowest BCUT2D eigenvalue weighted by Gasteiger charge is -2.12. The molecular weight excluding hydrogens is 252 g/mol. The van der Waals surface area contributed by atoms with Crippen molar-refractivity contribution in [3.05, 3.63) is 17.5 Å². The van der Waals surface area contributed by atoms with Gasteiger partial charge in [-0.25, -0.2) is 4.98 Å². The molecule has 0 atom stereocenters. The molecule has 2 rings (SSSR count). The van der Waals surface area contributed by atoms with E-state index >= 15 is 0 Å². The van der Waals surface area contributed by atoms with Crippen molar-refractivity contribution in [1.82, 2.24) is 4.98 Å². The van der Waals surface area contributed by atoms with Crippen LogP contribution in [0, 0.1) is 0 Å². The van der Waals surface area contributed by atoms with E-state index < -0.39 is 0 Å². The summed E-state index contributed by atoms with van der Waals surface area (Å²) in [7, 11) is 4.77. The Labute approximate surface area is 109 Å². The van der Waals surface area contributed by atoms with E-state index in [0.29, 0.717) is 22.4 Å². The molecule has 18 heavy (non-hydrogen) atoms. The summed E-state index contributed by atoms with van der Waals surface area (Å²) in [5.41, 5.74) is 7.23. The molecule has 96 valence electrons. The molecule has 0 aliphatic heterocycles. The molecule has 0 unspecified atom stereocenters. The van der Waals surface area contributed by atoms with Gasteiger partial charge in [-0.15, -0.1) is 11.3 Å². The van der Waals surface area contributed by atoms with Crippen LogP contribution < -0.4 is 19.9 Å². The maximum atomic E-state index is 5.64. The first-order valence-electron chi connectivity index (χ1n) is 5.21. The highest BCUT2D eigenvalue weighted by Crippen LogP contribution is 2.40. The minimum absolute atomic E-state index is 0.516. The second-order valence-electron chi connectivity index (χ2n) is 3.48. The van der Waals surface area contributed by atoms with Crippen molar-refractivity contribution in [2.24, 2.45) is 0 Å². The summed E-state index contributed by atoms with van der Waals surface area (Å²) in [6.07, 6.45) is 0. The highest BCUT2D eigenvalue weighted by atomic mass is 32.1. The lowest BCUT2D eigenvalue weighted by Crippen LogP contribution is -1.95. The van der Waals surface area contributed by atoms with Crippen LogP contribution in [-0.2, 0) is 0 Å². The topological polar surface area (TPSA) is 66.6 Å². The van der Waals surface area contributed by atoms with Crippen molar-refractivity contribution in [2.75, 3.05) is 27.1 Å². The molecular formula is C12H14N2O3S. The molecule has 0 aliphatic carbocycles. The quantitative estimate of drug-likeness (QED) is 0.920. The van der Waals surface area contributed by atoms with Gasteiger partial charge in [-0.3, -0.25) is 0 Å². The van der Waals surface area contributed by atoms with Gasteiger partial charge in [0.1, 0.15) is 5.75 Å². The van der Waals surface area contributed by atoms with Crippen LogP contribution in [0.25, 0.3) is 11.3 Å². The predicted octanol–water partition coefficient (Wildman–Crippen LogP) is 2.42. The van der Waals surface area contributed by atoms with Crippen LogP contribution in [0.1, 0.15) is 0 Å². The zero-order valence-electron chi connectivity index (χ0n) is 10.4. The van der Waals surface area contributed by atoms with Crippen LogP contribution >= 0.6 is 11.3 Å². The van der Waals surface area contributed by atoms with Crippen LogP contribution in [0.2, 0.25) is 0 Å². The van der Waals surface area contributed by atoms with Gasteiger partial charge < -0.3 is 19.9 Å². The van der Waals surface area contributed by atoms with Gasteiger partial charge in [0.25, 0.3) is 0 Å². The Morgan fingerprint density at radius 1 is 1.00 bits per heavy atom. The number of nitrogens with zero attached hydrogens (tertiary/aromatic N) is 1. The first-order chi connectivity index (χ1) is 8.69. The molecule has 0 fully saturated rings. The predicted molar refractivity (Wildman–Crippen MR) is 71.6 cm³/mol. The van der Waals surface area contributed by atoms with E-state index in [0.717, 1.165) is 11.3 Å². The molecule has 0 saturated carbocycles. The number of hydrogen-bond donors (Lipinski definition) is 1. The third kappa shape index (κ3) is 2.19. The molecule has 0 saturated heterocycles. The Morgan fingerprint density at radius 3 is 2.11 bits per heavy atom. The van der Waals surface area contributed by atoms with Gasteiger partial charge in [-0.2, -0.15) is 0 Å². The molecule has 6 heteroatoms. The van der Waals surface area contributed by atoms with E-state index in [4.69, 9.17) is 19.9 Å². The highest BCUT2D eigenvalue weighted by molar-refractivity contribution is 7.13. The molecule has 2 aromatic rings. The van der Waals surface area contributed by atoms with Crippen molar-refractivity contribution in [3.8, 4) is 28.5 Å². The van der Waals surface area contributed by atoms with Gasteiger partial charge in [-0.1, -0.05) is 0 Å². The Kier molecular flexibility index (Phi) is 3.57. The van der Waals surface area contributed by atoms with E-state index in [1.807, 2.05) is 11.4 Å². The summed E-state index contributed by atoms with van der Waals surface area (Å²) >= 11 is 1.38. The molecule has 1 heterocycles. The van der Waals surface area contributed by atoms with E-state index in [1.54, 1.807) is 27.4 Å². The van der Waals surface area contributed by atoms with Gasteiger partial charge in [0.2, 0.25) is 0 Å². The summed E-state index contributed by atoms with van der Waals surface area (Å²) in [4.78, 5) is 4.24. The maximum Gasteiger partial charge on any atom is 0.180 e. The summed E-state index contributed by atoms with van der Waals surface area (Å²) < 4.78 is 15.8. The number of hydrogen-bond acceptors (Lipinski definition) is 6. The standard InChI is InChI=1S/C12H14N2O3S/c1-15-9-5-11(17-3)10(16-2)4-7(9)8-6-18-12(13)14-8/h4-6H,1-3H3,(H2,13,14). The number of thiazole rings is 1. The van der Waals surface area contributed by atoms with Gasteiger partial charge >= 0.3 is 0 Å². The van der Waals surface area contributed by atoms with Crippen molar-refractivity contribution >= 4 is 16.5 Å². The van der Waals surface area contributed by atoms with Crippen LogP contribution in [0.15, 0.2) is 17.5 Å². The minimum atomic E-state index is 0.516. The molecule has 0 bridgehead atoms. The second kappa shape index (κ2) is 5.14. The van der Waals surface area contributed by atoms with E-state index in [-0.39, 0.29) is 0 Å². The third-order valence-corrected chi connectivity index (χ3v) is 3.18. The molecule has 0 spiro atoms. The number of methoxy groups -OCH3 is 3. The second-order valence-corrected chi connectivity index (χ2v) is 4.37. The molecule has 2 N–H and O–H groups in total. The zero-order valence-corrected chi connectivity index (χ0v) is 11.2. The molecule has 0 amide bonds. The normalized spacial score (nSPS) is 10.2. The Hall–Kier alpha value is -1.95. The number of rotatable bonds is 4. The third-order valence-electron chi connectivity index (χ3n) is 2.50. The van der Waals surface area contributed by atoms with Crippen LogP contribution in [0.3, 0.4) is 0 Å². The summed E-state index contributed by atoms with van der Waals surface area (Å²) in [5, 5.41) is 2.39. The van der Waals surface area contributed by atoms with E-state index in [9.17, 15) is 0 Å². The SMILES string of the molecule is COc1cc(OC)c(-c2csc(N)n2)cc1OC. The lowest BCUT2D eigenvalue weighted by atomic mass is 10.1. The lowest BCUT2D eigenvalue weighted by molar-refractivity contribution is 0.349. The van der Waals surface area contributed by atoms with Crippen LogP contribution in [-0.4, -0.2) is 26.3 Å². The number of nitrogens with two attached hydrogens (primary N) is 1. The fourth-order valence-corrected chi connectivity index (χ4v) is 2.20. The highest BCUT2D eigenvalue weighted by Gasteiger charge is 2.15. The fraction of sp³-hybridized carbons (Fsp3) is 0.250. The maximum absolute atomic E-state index is 5.64. The average Bonchev–Trinajstić information content (AvgIpc) is 2.83. The summed E-state index contributed by atoms with van der Waals surface area (Å²) in [6.45, 7) is 0. The molecule has 5 nitrogen and oxygen atoms in total. The number of nitrogen functional groups attached to an aromatic ring is 1. The van der Waals surface area contributed by atoms with Crippen molar-refractivity contribution in [2.45, 2.75) is 0 Å². The fourth-order valence-electron chi connectivity index (χ4n) is 1.64. The molecule has 1 aromatic heterocycles. The Balaban J connectivity index is 2.58. The smallest absolute Gasteiger partial charge is 0.180 e. The van der Waals surface area contributed by atoms with Gasteiger partial charge in [-0.05, 0) is 6.07 Å². The van der Waals surface area contributed by atoms with Crippen molar-refractivity contribution in [1.29, 1.82) is 0 Å². The van der Waals surface area contributed by atoms with Gasteiger partial charge in [0.05, 0.1) is 27.0 Å². The molecule has 1 aromatic carbocycles. The Bertz CT molecular complexity index is 554. The first-order valence-corrected chi connectivity index (χ1v) is 6.09. The number of anilines is 1. The largest absolute Gasteiger partial charge is 0.496 e. The summed E-state index contributed by atoms with van der Waals surface area (Å²) in [6, 6.07) is 3.59.